The SMILES string of the molecule is Cc1c([C@@H](CC(=O)O)NC=O)cnn1C. The van der Waals surface area contributed by atoms with Gasteiger partial charge in [0.05, 0.1) is 18.7 Å². The van der Waals surface area contributed by atoms with Gasteiger partial charge in [-0.2, -0.15) is 5.10 Å². The molecule has 1 rings (SSSR count). The fourth-order valence-corrected chi connectivity index (χ4v) is 1.37. The van der Waals surface area contributed by atoms with Crippen LogP contribution in [0.4, 0.5) is 0 Å². The second kappa shape index (κ2) is 4.59. The number of carboxylic acid groups (broad SMARTS) is 1. The molecule has 0 aromatic carbocycles. The van der Waals surface area contributed by atoms with Crippen molar-refractivity contribution in [3.05, 3.63) is 17.5 Å². The normalized spacial score (nSPS) is 12.1. The molecule has 2 N–H and O–H groups in total. The summed E-state index contributed by atoms with van der Waals surface area (Å²) in [6, 6.07) is -0.520. The van der Waals surface area contributed by atoms with Crippen molar-refractivity contribution < 1.29 is 14.7 Å². The van der Waals surface area contributed by atoms with Gasteiger partial charge in [0, 0.05) is 18.3 Å². The molecule has 1 aromatic rings. The first-order valence-corrected chi connectivity index (χ1v) is 4.46. The summed E-state index contributed by atoms with van der Waals surface area (Å²) >= 11 is 0. The molecule has 1 aromatic heterocycles. The Hall–Kier alpha value is -1.85. The van der Waals surface area contributed by atoms with Crippen LogP contribution in [0.15, 0.2) is 6.20 Å². The van der Waals surface area contributed by atoms with Crippen molar-refractivity contribution in [2.24, 2.45) is 7.05 Å². The number of amides is 1. The third-order valence-electron chi connectivity index (χ3n) is 2.30. The van der Waals surface area contributed by atoms with Crippen LogP contribution in [0, 0.1) is 6.92 Å². The summed E-state index contributed by atoms with van der Waals surface area (Å²) in [5.41, 5.74) is 1.57. The molecule has 0 bridgehead atoms. The lowest BCUT2D eigenvalue weighted by Crippen LogP contribution is -2.22. The Kier molecular flexibility index (Phi) is 3.43. The highest BCUT2D eigenvalue weighted by molar-refractivity contribution is 5.68. The van der Waals surface area contributed by atoms with E-state index in [1.165, 1.54) is 0 Å². The highest BCUT2D eigenvalue weighted by Gasteiger charge is 2.18. The summed E-state index contributed by atoms with van der Waals surface area (Å²) in [4.78, 5) is 20.9. The fraction of sp³-hybridized carbons (Fsp3) is 0.444. The number of aliphatic carboxylic acids is 1. The van der Waals surface area contributed by atoms with E-state index in [2.05, 4.69) is 10.4 Å². The average Bonchev–Trinajstić information content (AvgIpc) is 2.46. The summed E-state index contributed by atoms with van der Waals surface area (Å²) in [6.45, 7) is 1.82. The molecule has 0 aliphatic rings. The maximum absolute atomic E-state index is 10.6. The summed E-state index contributed by atoms with van der Waals surface area (Å²) in [6.07, 6.45) is 1.92. The maximum atomic E-state index is 10.6. The van der Waals surface area contributed by atoms with Gasteiger partial charge in [0.1, 0.15) is 0 Å². The zero-order valence-electron chi connectivity index (χ0n) is 8.60. The van der Waals surface area contributed by atoms with Crippen molar-refractivity contribution in [1.29, 1.82) is 0 Å². The number of aryl methyl sites for hydroxylation is 1. The zero-order chi connectivity index (χ0) is 11.4. The topological polar surface area (TPSA) is 84.2 Å². The van der Waals surface area contributed by atoms with Crippen molar-refractivity contribution in [1.82, 2.24) is 15.1 Å². The molecule has 0 saturated carbocycles. The lowest BCUT2D eigenvalue weighted by atomic mass is 10.1. The van der Waals surface area contributed by atoms with Gasteiger partial charge in [-0.25, -0.2) is 0 Å². The summed E-state index contributed by atoms with van der Waals surface area (Å²) in [5, 5.41) is 15.2. The number of rotatable bonds is 5. The van der Waals surface area contributed by atoms with Gasteiger partial charge in [0.15, 0.2) is 0 Å². The number of hydrogen-bond acceptors (Lipinski definition) is 3. The summed E-state index contributed by atoms with van der Waals surface area (Å²) in [7, 11) is 1.76. The van der Waals surface area contributed by atoms with Gasteiger partial charge in [-0.05, 0) is 6.92 Å². The molecule has 0 radical (unpaired) electrons. The smallest absolute Gasteiger partial charge is 0.305 e. The third-order valence-corrected chi connectivity index (χ3v) is 2.30. The first kappa shape index (κ1) is 11.2. The predicted molar refractivity (Wildman–Crippen MR) is 52.1 cm³/mol. The Morgan fingerprint density at radius 3 is 2.87 bits per heavy atom. The van der Waals surface area contributed by atoms with Gasteiger partial charge < -0.3 is 10.4 Å². The molecule has 1 heterocycles. The molecule has 6 nitrogen and oxygen atoms in total. The number of hydrogen-bond donors (Lipinski definition) is 2. The van der Waals surface area contributed by atoms with Gasteiger partial charge in [-0.1, -0.05) is 0 Å². The Balaban J connectivity index is 2.92. The minimum Gasteiger partial charge on any atom is -0.481 e. The standard InChI is InChI=1S/C9H13N3O3/c1-6-7(4-11-12(6)2)8(10-5-13)3-9(14)15/h4-5,8H,3H2,1-2H3,(H,10,13)(H,14,15)/t8-/m1/s1. The number of carbonyl (C=O) groups excluding carboxylic acids is 1. The van der Waals surface area contributed by atoms with Crippen LogP contribution in [0.25, 0.3) is 0 Å². The van der Waals surface area contributed by atoms with Crippen molar-refractivity contribution in [3.63, 3.8) is 0 Å². The first-order valence-electron chi connectivity index (χ1n) is 4.46. The van der Waals surface area contributed by atoms with Crippen LogP contribution in [0.2, 0.25) is 0 Å². The van der Waals surface area contributed by atoms with Gasteiger partial charge in [0.2, 0.25) is 6.41 Å². The highest BCUT2D eigenvalue weighted by atomic mass is 16.4. The monoisotopic (exact) mass is 211 g/mol. The van der Waals surface area contributed by atoms with E-state index < -0.39 is 12.0 Å². The lowest BCUT2D eigenvalue weighted by molar-refractivity contribution is -0.137. The Morgan fingerprint density at radius 1 is 1.80 bits per heavy atom. The predicted octanol–water partition coefficient (Wildman–Crippen LogP) is -0.00968. The molecular formula is C9H13N3O3. The largest absolute Gasteiger partial charge is 0.481 e. The van der Waals surface area contributed by atoms with Crippen LogP contribution in [-0.2, 0) is 16.6 Å². The molecule has 0 aliphatic carbocycles. The minimum atomic E-state index is -0.961. The molecule has 82 valence electrons. The molecule has 0 saturated heterocycles. The van der Waals surface area contributed by atoms with Crippen LogP contribution in [0.5, 0.6) is 0 Å². The van der Waals surface area contributed by atoms with E-state index in [9.17, 15) is 9.59 Å². The molecule has 1 atom stereocenters. The first-order chi connectivity index (χ1) is 7.06. The Morgan fingerprint density at radius 2 is 2.47 bits per heavy atom. The van der Waals surface area contributed by atoms with Crippen LogP contribution < -0.4 is 5.32 Å². The fourth-order valence-electron chi connectivity index (χ4n) is 1.37. The molecule has 0 spiro atoms. The average molecular weight is 211 g/mol. The van der Waals surface area contributed by atoms with Gasteiger partial charge in [0.25, 0.3) is 0 Å². The summed E-state index contributed by atoms with van der Waals surface area (Å²) in [5.74, 6) is -0.961. The molecule has 15 heavy (non-hydrogen) atoms. The Bertz CT molecular complexity index is 373. The van der Waals surface area contributed by atoms with E-state index in [0.29, 0.717) is 6.41 Å². The number of nitrogens with zero attached hydrogens (tertiary/aromatic N) is 2. The van der Waals surface area contributed by atoms with Gasteiger partial charge in [-0.15, -0.1) is 0 Å². The zero-order valence-corrected chi connectivity index (χ0v) is 8.60. The molecular weight excluding hydrogens is 198 g/mol. The van der Waals surface area contributed by atoms with E-state index in [1.54, 1.807) is 17.9 Å². The van der Waals surface area contributed by atoms with Crippen LogP contribution in [0.1, 0.15) is 23.7 Å². The van der Waals surface area contributed by atoms with Gasteiger partial charge in [-0.3, -0.25) is 14.3 Å². The number of aromatic nitrogens is 2. The maximum Gasteiger partial charge on any atom is 0.305 e. The molecule has 1 amide bonds. The molecule has 0 unspecified atom stereocenters. The highest BCUT2D eigenvalue weighted by Crippen LogP contribution is 2.19. The second-order valence-electron chi connectivity index (χ2n) is 3.24. The van der Waals surface area contributed by atoms with Gasteiger partial charge >= 0.3 is 5.97 Å². The number of nitrogens with one attached hydrogen (secondary N) is 1. The van der Waals surface area contributed by atoms with Crippen LogP contribution >= 0.6 is 0 Å². The van der Waals surface area contributed by atoms with Crippen LogP contribution in [-0.4, -0.2) is 27.3 Å². The van der Waals surface area contributed by atoms with Crippen molar-refractivity contribution in [2.45, 2.75) is 19.4 Å². The second-order valence-corrected chi connectivity index (χ2v) is 3.24. The van der Waals surface area contributed by atoms with E-state index in [4.69, 9.17) is 5.11 Å². The summed E-state index contributed by atoms with van der Waals surface area (Å²) < 4.78 is 1.64. The Labute approximate surface area is 86.9 Å². The quantitative estimate of drug-likeness (QED) is 0.671. The molecule has 6 heteroatoms. The van der Waals surface area contributed by atoms with Crippen molar-refractivity contribution in [2.75, 3.05) is 0 Å². The van der Waals surface area contributed by atoms with E-state index in [1.807, 2.05) is 6.92 Å². The van der Waals surface area contributed by atoms with Crippen molar-refractivity contribution in [3.8, 4) is 0 Å². The number of carboxylic acids is 1. The van der Waals surface area contributed by atoms with Crippen molar-refractivity contribution >= 4 is 12.4 Å². The minimum absolute atomic E-state index is 0.148. The van der Waals surface area contributed by atoms with E-state index in [-0.39, 0.29) is 6.42 Å². The van der Waals surface area contributed by atoms with Crippen LogP contribution in [0.3, 0.4) is 0 Å². The number of carbonyl (C=O) groups is 2. The lowest BCUT2D eigenvalue weighted by Gasteiger charge is -2.13. The molecule has 0 fully saturated rings. The van der Waals surface area contributed by atoms with E-state index >= 15 is 0 Å². The third kappa shape index (κ3) is 2.55. The molecule has 0 aliphatic heterocycles. The van der Waals surface area contributed by atoms with E-state index in [0.717, 1.165) is 11.3 Å².